The summed E-state index contributed by atoms with van der Waals surface area (Å²) in [7, 11) is 3.43. The highest BCUT2D eigenvalue weighted by Crippen LogP contribution is 2.44. The number of fused-ring (bicyclic) bond motifs is 5. The maximum absolute atomic E-state index is 13.3. The van der Waals surface area contributed by atoms with Gasteiger partial charge in [0.25, 0.3) is 0 Å². The van der Waals surface area contributed by atoms with Crippen LogP contribution in [0.4, 0.5) is 21.1 Å². The van der Waals surface area contributed by atoms with Crippen molar-refractivity contribution in [3.8, 4) is 6.01 Å². The van der Waals surface area contributed by atoms with E-state index >= 15 is 0 Å². The third-order valence-corrected chi connectivity index (χ3v) is 12.4. The molecule has 0 saturated carbocycles. The van der Waals surface area contributed by atoms with E-state index in [1.54, 1.807) is 14.1 Å². The molecule has 0 radical (unpaired) electrons. The molecule has 0 N–H and O–H groups in total. The number of amides is 2. The molecule has 5 aliphatic heterocycles. The van der Waals surface area contributed by atoms with Crippen molar-refractivity contribution in [1.29, 1.82) is 0 Å². The molecular weight excluding hydrogens is 683 g/mol. The second-order valence-corrected chi connectivity index (χ2v) is 17.2. The van der Waals surface area contributed by atoms with Gasteiger partial charge in [-0.1, -0.05) is 37.3 Å². The molecular formula is C42H57N7O5. The molecule has 2 aromatic carbocycles. The van der Waals surface area contributed by atoms with E-state index in [-0.39, 0.29) is 35.9 Å². The molecule has 12 nitrogen and oxygen atoms in total. The van der Waals surface area contributed by atoms with E-state index in [0.717, 1.165) is 76.0 Å². The Hall–Kier alpha value is -4.32. The highest BCUT2D eigenvalue weighted by atomic mass is 16.6. The summed E-state index contributed by atoms with van der Waals surface area (Å²) < 4.78 is 18.2. The Kier molecular flexibility index (Phi) is 9.77. The molecule has 8 rings (SSSR count). The van der Waals surface area contributed by atoms with Crippen LogP contribution in [0.15, 0.2) is 36.4 Å². The molecule has 54 heavy (non-hydrogen) atoms. The molecule has 6 heterocycles. The molecule has 290 valence electrons. The normalized spacial score (nSPS) is 25.1. The minimum absolute atomic E-state index is 0.0692. The van der Waals surface area contributed by atoms with Crippen molar-refractivity contribution in [2.24, 2.45) is 0 Å². The van der Waals surface area contributed by atoms with Crippen LogP contribution in [0.5, 0.6) is 6.01 Å². The molecule has 1 aromatic heterocycles. The number of nitrogens with zero attached hydrogens (tertiary/aromatic N) is 7. The van der Waals surface area contributed by atoms with Gasteiger partial charge in [0.1, 0.15) is 24.6 Å². The molecule has 12 heteroatoms. The largest absolute Gasteiger partial charge is 0.461 e. The maximum atomic E-state index is 13.3. The number of carbonyl (C=O) groups excluding carboxylic acids is 2. The fourth-order valence-corrected chi connectivity index (χ4v) is 9.85. The summed E-state index contributed by atoms with van der Waals surface area (Å²) in [5, 5.41) is 2.58. The number of rotatable bonds is 8. The SMILES string of the molecule is CCc1cccc2cccc(N3CCc4c(nc(OCC56CCCN5C(COC(=O)N(C)C)CC6)nc4N4C[C@H]5CC[C@@H](C4)N5C(=O)OC(C)(C)C)C3)c12. The average molecular weight is 740 g/mol. The van der Waals surface area contributed by atoms with Crippen LogP contribution in [0.2, 0.25) is 0 Å². The van der Waals surface area contributed by atoms with Crippen molar-refractivity contribution in [1.82, 2.24) is 24.7 Å². The van der Waals surface area contributed by atoms with Gasteiger partial charge < -0.3 is 28.9 Å². The van der Waals surface area contributed by atoms with Crippen LogP contribution in [-0.2, 0) is 28.9 Å². The highest BCUT2D eigenvalue weighted by molar-refractivity contribution is 5.97. The first-order valence-electron chi connectivity index (χ1n) is 20.1. The van der Waals surface area contributed by atoms with Crippen LogP contribution in [0, 0.1) is 0 Å². The van der Waals surface area contributed by atoms with E-state index in [4.69, 9.17) is 24.2 Å². The number of aromatic nitrogens is 2. The molecule has 4 fully saturated rings. The zero-order valence-electron chi connectivity index (χ0n) is 33.0. The smallest absolute Gasteiger partial charge is 0.410 e. The van der Waals surface area contributed by atoms with Crippen LogP contribution in [0.25, 0.3) is 10.8 Å². The third kappa shape index (κ3) is 6.90. The van der Waals surface area contributed by atoms with Crippen molar-refractivity contribution in [3.63, 3.8) is 0 Å². The van der Waals surface area contributed by atoms with Crippen LogP contribution in [-0.4, -0.2) is 120 Å². The lowest BCUT2D eigenvalue weighted by atomic mass is 9.95. The number of anilines is 2. The van der Waals surface area contributed by atoms with Gasteiger partial charge in [-0.3, -0.25) is 9.80 Å². The number of benzene rings is 2. The van der Waals surface area contributed by atoms with Crippen LogP contribution < -0.4 is 14.5 Å². The molecule has 0 spiro atoms. The number of hydrogen-bond acceptors (Lipinski definition) is 10. The van der Waals surface area contributed by atoms with Gasteiger partial charge in [-0.2, -0.15) is 9.97 Å². The summed E-state index contributed by atoms with van der Waals surface area (Å²) in [5.74, 6) is 0.947. The van der Waals surface area contributed by atoms with Gasteiger partial charge in [-0.05, 0) is 95.7 Å². The molecule has 3 aromatic rings. The lowest BCUT2D eigenvalue weighted by Gasteiger charge is -2.43. The third-order valence-electron chi connectivity index (χ3n) is 12.4. The zero-order chi connectivity index (χ0) is 37.8. The van der Waals surface area contributed by atoms with Gasteiger partial charge in [0, 0.05) is 56.4 Å². The highest BCUT2D eigenvalue weighted by Gasteiger charge is 2.50. The summed E-state index contributed by atoms with van der Waals surface area (Å²) in [6.45, 7) is 12.8. The van der Waals surface area contributed by atoms with Crippen LogP contribution >= 0.6 is 0 Å². The fourth-order valence-electron chi connectivity index (χ4n) is 9.85. The first-order chi connectivity index (χ1) is 25.9. The van der Waals surface area contributed by atoms with E-state index in [9.17, 15) is 9.59 Å². The minimum Gasteiger partial charge on any atom is -0.461 e. The van der Waals surface area contributed by atoms with E-state index < -0.39 is 5.60 Å². The quantitative estimate of drug-likeness (QED) is 0.257. The molecule has 4 atom stereocenters. The predicted octanol–water partition coefficient (Wildman–Crippen LogP) is 6.42. The summed E-state index contributed by atoms with van der Waals surface area (Å²) in [6, 6.07) is 14.0. The van der Waals surface area contributed by atoms with Gasteiger partial charge in [0.2, 0.25) is 0 Å². The number of piperazine rings is 1. The Morgan fingerprint density at radius 3 is 2.44 bits per heavy atom. The summed E-state index contributed by atoms with van der Waals surface area (Å²) in [5.41, 5.74) is 4.13. The standard InChI is InChI=1S/C42H57N7O5/c1-7-28-11-8-12-29-13-9-14-35(36(28)29)46-22-18-33-34(25-46)43-38(53-27-42-19-10-21-48(42)32(17-20-42)26-52-39(50)45(5)6)44-37(33)47-23-30-15-16-31(24-47)49(30)40(51)54-41(2,3)4/h8-9,11-14,30-32H,7,10,15-27H2,1-6H3/t30-,31+,32?,42?. The molecule has 2 amide bonds. The topological polar surface area (TPSA) is 104 Å². The molecule has 4 saturated heterocycles. The lowest BCUT2D eigenvalue weighted by Crippen LogP contribution is -2.57. The Balaban J connectivity index is 1.08. The van der Waals surface area contributed by atoms with Crippen molar-refractivity contribution >= 4 is 34.5 Å². The van der Waals surface area contributed by atoms with Crippen molar-refractivity contribution in [2.45, 2.75) is 115 Å². The molecule has 0 aliphatic carbocycles. The Morgan fingerprint density at radius 2 is 1.72 bits per heavy atom. The first kappa shape index (κ1) is 36.6. The van der Waals surface area contributed by atoms with Gasteiger partial charge in [0.15, 0.2) is 0 Å². The van der Waals surface area contributed by atoms with Crippen molar-refractivity contribution in [2.75, 3.05) is 63.3 Å². The fraction of sp³-hybridized carbons (Fsp3) is 0.619. The van der Waals surface area contributed by atoms with Gasteiger partial charge in [0.05, 0.1) is 29.9 Å². The number of hydrogen-bond donors (Lipinski definition) is 0. The second-order valence-electron chi connectivity index (χ2n) is 17.2. The van der Waals surface area contributed by atoms with Gasteiger partial charge >= 0.3 is 18.2 Å². The zero-order valence-corrected chi connectivity index (χ0v) is 33.0. The summed E-state index contributed by atoms with van der Waals surface area (Å²) in [6.07, 6.45) is 7.25. The predicted molar refractivity (Wildman–Crippen MR) is 209 cm³/mol. The monoisotopic (exact) mass is 739 g/mol. The average Bonchev–Trinajstić information content (AvgIpc) is 3.80. The summed E-state index contributed by atoms with van der Waals surface area (Å²) in [4.78, 5) is 46.8. The maximum Gasteiger partial charge on any atom is 0.410 e. The summed E-state index contributed by atoms with van der Waals surface area (Å²) >= 11 is 0. The van der Waals surface area contributed by atoms with Crippen molar-refractivity contribution < 1.29 is 23.8 Å². The lowest BCUT2D eigenvalue weighted by molar-refractivity contribution is 0.0122. The molecule has 5 aliphatic rings. The van der Waals surface area contributed by atoms with Crippen LogP contribution in [0.3, 0.4) is 0 Å². The molecule has 2 unspecified atom stereocenters. The Bertz CT molecular complexity index is 1880. The Morgan fingerprint density at radius 1 is 0.963 bits per heavy atom. The molecule has 2 bridgehead atoms. The van der Waals surface area contributed by atoms with Crippen LogP contribution in [0.1, 0.15) is 83.0 Å². The second kappa shape index (κ2) is 14.4. The van der Waals surface area contributed by atoms with E-state index in [1.807, 2.05) is 25.7 Å². The number of aryl methyl sites for hydroxylation is 1. The minimum atomic E-state index is -0.538. The van der Waals surface area contributed by atoms with E-state index in [0.29, 0.717) is 38.9 Å². The Labute approximate surface area is 319 Å². The number of ether oxygens (including phenoxy) is 3. The number of carbonyl (C=O) groups is 2. The van der Waals surface area contributed by atoms with E-state index in [1.165, 1.54) is 32.5 Å². The van der Waals surface area contributed by atoms with Crippen molar-refractivity contribution in [3.05, 3.63) is 53.2 Å². The van der Waals surface area contributed by atoms with Gasteiger partial charge in [-0.25, -0.2) is 9.59 Å². The van der Waals surface area contributed by atoms with Gasteiger partial charge in [-0.15, -0.1) is 0 Å². The first-order valence-corrected chi connectivity index (χ1v) is 20.1. The van der Waals surface area contributed by atoms with E-state index in [2.05, 4.69) is 58.0 Å².